The molecule has 1 saturated heterocycles. The van der Waals surface area contributed by atoms with E-state index in [1.54, 1.807) is 16.7 Å². The van der Waals surface area contributed by atoms with E-state index in [0.717, 1.165) is 79.4 Å². The minimum Gasteiger partial charge on any atom is -0.490 e. The Morgan fingerprint density at radius 1 is 1.18 bits per heavy atom. The molecule has 178 valence electrons. The molecule has 0 amide bonds. The molecule has 0 unspecified atom stereocenters. The normalized spacial score (nSPS) is 20.4. The van der Waals surface area contributed by atoms with Gasteiger partial charge in [0.2, 0.25) is 0 Å². The third-order valence-electron chi connectivity index (χ3n) is 7.26. The minimum absolute atomic E-state index is 0.00498. The van der Waals surface area contributed by atoms with Crippen LogP contribution in [0.1, 0.15) is 30.1 Å². The Kier molecular flexibility index (Phi) is 5.71. The maximum atomic E-state index is 12.7. The number of fused-ring (bicyclic) bond motifs is 1. The molecule has 0 saturated carbocycles. The molecule has 0 aliphatic carbocycles. The summed E-state index contributed by atoms with van der Waals surface area (Å²) < 4.78 is 9.27. The van der Waals surface area contributed by atoms with E-state index in [-0.39, 0.29) is 17.2 Å². The maximum absolute atomic E-state index is 12.7. The zero-order valence-electron chi connectivity index (χ0n) is 19.3. The van der Waals surface area contributed by atoms with Crippen molar-refractivity contribution in [3.05, 3.63) is 62.4 Å². The molecule has 3 aliphatic rings. The highest BCUT2D eigenvalue weighted by Gasteiger charge is 2.29. The van der Waals surface area contributed by atoms with Crippen LogP contribution in [0.25, 0.3) is 11.0 Å². The molecule has 0 aromatic carbocycles. The molecular weight excluding hydrogens is 450 g/mol. The van der Waals surface area contributed by atoms with Crippen molar-refractivity contribution in [2.75, 3.05) is 32.0 Å². The van der Waals surface area contributed by atoms with Crippen molar-refractivity contribution in [1.82, 2.24) is 24.3 Å². The summed E-state index contributed by atoms with van der Waals surface area (Å²) in [4.78, 5) is 33.5. The number of likely N-dealkylation sites (tertiary alicyclic amines) is 1. The number of piperidine rings is 1. The van der Waals surface area contributed by atoms with E-state index in [9.17, 15) is 9.59 Å². The van der Waals surface area contributed by atoms with E-state index in [4.69, 9.17) is 4.74 Å². The maximum Gasteiger partial charge on any atom is 0.252 e. The number of nitrogens with zero attached hydrogens (tertiary/aromatic N) is 4. The van der Waals surface area contributed by atoms with Crippen molar-refractivity contribution in [1.29, 1.82) is 0 Å². The average molecular weight is 480 g/mol. The topological polar surface area (TPSA) is 81.4 Å². The van der Waals surface area contributed by atoms with Gasteiger partial charge in [0, 0.05) is 48.9 Å². The summed E-state index contributed by atoms with van der Waals surface area (Å²) in [6.45, 7) is 6.76. The van der Waals surface area contributed by atoms with Crippen LogP contribution in [0, 0.1) is 6.92 Å². The highest BCUT2D eigenvalue weighted by molar-refractivity contribution is 7.99. The lowest BCUT2D eigenvalue weighted by Gasteiger charge is -2.34. The van der Waals surface area contributed by atoms with Gasteiger partial charge in [-0.15, -0.1) is 11.8 Å². The van der Waals surface area contributed by atoms with Gasteiger partial charge in [-0.1, -0.05) is 0 Å². The van der Waals surface area contributed by atoms with E-state index in [1.165, 1.54) is 4.90 Å². The Hall–Kier alpha value is -2.62. The summed E-state index contributed by atoms with van der Waals surface area (Å²) >= 11 is 1.83. The van der Waals surface area contributed by atoms with Gasteiger partial charge in [-0.3, -0.25) is 23.7 Å². The molecule has 6 rings (SSSR count). The van der Waals surface area contributed by atoms with Gasteiger partial charge < -0.3 is 15.0 Å². The van der Waals surface area contributed by atoms with Gasteiger partial charge in [0.15, 0.2) is 5.75 Å². The van der Waals surface area contributed by atoms with E-state index in [1.807, 2.05) is 35.5 Å². The third-order valence-corrected chi connectivity index (χ3v) is 8.26. The van der Waals surface area contributed by atoms with Crippen molar-refractivity contribution in [2.24, 2.45) is 0 Å². The summed E-state index contributed by atoms with van der Waals surface area (Å²) in [6, 6.07) is 7.76. The summed E-state index contributed by atoms with van der Waals surface area (Å²) in [6.07, 6.45) is 3.96. The highest BCUT2D eigenvalue weighted by atomic mass is 32.2. The second-order valence-electron chi connectivity index (χ2n) is 9.48. The number of hydrogen-bond acceptors (Lipinski definition) is 7. The van der Waals surface area contributed by atoms with Crippen molar-refractivity contribution < 1.29 is 4.74 Å². The molecule has 8 nitrogen and oxygen atoms in total. The molecule has 3 aliphatic heterocycles. The molecular formula is C25H29N5O3S. The Labute approximate surface area is 201 Å². The van der Waals surface area contributed by atoms with Crippen LogP contribution < -0.4 is 21.2 Å². The smallest absolute Gasteiger partial charge is 0.252 e. The van der Waals surface area contributed by atoms with Gasteiger partial charge in [0.25, 0.3) is 11.1 Å². The van der Waals surface area contributed by atoms with Crippen LogP contribution in [0.2, 0.25) is 0 Å². The lowest BCUT2D eigenvalue weighted by atomic mass is 10.0. The van der Waals surface area contributed by atoms with Crippen LogP contribution in [0.3, 0.4) is 0 Å². The lowest BCUT2D eigenvalue weighted by molar-refractivity contribution is 0.171. The molecule has 0 spiro atoms. The molecule has 1 fully saturated rings. The second-order valence-corrected chi connectivity index (χ2v) is 10.6. The van der Waals surface area contributed by atoms with Gasteiger partial charge in [-0.05, 0) is 50.6 Å². The first kappa shape index (κ1) is 21.9. The highest BCUT2D eigenvalue weighted by Crippen LogP contribution is 2.32. The zero-order valence-corrected chi connectivity index (χ0v) is 20.1. The fourth-order valence-electron chi connectivity index (χ4n) is 5.49. The Bertz CT molecular complexity index is 1360. The second kappa shape index (κ2) is 8.87. The number of hydrogen-bond donors (Lipinski definition) is 1. The van der Waals surface area contributed by atoms with Crippen LogP contribution in [-0.2, 0) is 13.1 Å². The van der Waals surface area contributed by atoms with Gasteiger partial charge >= 0.3 is 0 Å². The molecule has 3 aromatic rings. The predicted molar refractivity (Wildman–Crippen MR) is 133 cm³/mol. The summed E-state index contributed by atoms with van der Waals surface area (Å²) in [5.41, 5.74) is 2.72. The number of rotatable bonds is 5. The molecule has 1 atom stereocenters. The van der Waals surface area contributed by atoms with Crippen LogP contribution in [-0.4, -0.2) is 57.1 Å². The standard InChI is InChI=1S/C25H29N5O3S/c1-16-10-24(32)29-15-19(30-23(31)3-2-20(16)25(29)30)14-28-6-4-17(5-7-28)26-12-18-11-22-21(13-27-18)33-8-9-34-22/h2-3,10-11,13,17,19,26H,4-9,12,14-15H2,1H3/t19-/m1/s1. The molecule has 3 aromatic heterocycles. The van der Waals surface area contributed by atoms with E-state index in [0.29, 0.717) is 12.6 Å². The number of thioether (sulfide) groups is 1. The van der Waals surface area contributed by atoms with Crippen molar-refractivity contribution >= 4 is 22.8 Å². The van der Waals surface area contributed by atoms with Crippen molar-refractivity contribution in [3.8, 4) is 5.75 Å². The summed E-state index contributed by atoms with van der Waals surface area (Å²) in [5, 5.41) is 4.66. The van der Waals surface area contributed by atoms with Gasteiger partial charge in [-0.2, -0.15) is 0 Å². The molecule has 0 bridgehead atoms. The fourth-order valence-corrected chi connectivity index (χ4v) is 6.35. The van der Waals surface area contributed by atoms with Crippen LogP contribution in [0.4, 0.5) is 0 Å². The van der Waals surface area contributed by atoms with Crippen molar-refractivity contribution in [2.45, 2.75) is 49.8 Å². The van der Waals surface area contributed by atoms with Crippen molar-refractivity contribution in [3.63, 3.8) is 0 Å². The monoisotopic (exact) mass is 479 g/mol. The van der Waals surface area contributed by atoms with Crippen LogP contribution in [0.5, 0.6) is 5.75 Å². The number of aromatic nitrogens is 3. The quantitative estimate of drug-likeness (QED) is 0.601. The third kappa shape index (κ3) is 3.95. The van der Waals surface area contributed by atoms with Crippen LogP contribution in [0.15, 0.2) is 44.9 Å². The van der Waals surface area contributed by atoms with E-state index >= 15 is 0 Å². The molecule has 9 heteroatoms. The number of ether oxygens (including phenoxy) is 1. The first-order chi connectivity index (χ1) is 16.6. The van der Waals surface area contributed by atoms with Crippen LogP contribution >= 0.6 is 11.8 Å². The Morgan fingerprint density at radius 3 is 2.88 bits per heavy atom. The molecule has 6 heterocycles. The SMILES string of the molecule is Cc1cc(=O)n2c3c1ccc(=O)n3[C@H](CN1CCC(NCc3cc4c(cn3)OCCS4)CC1)C2. The Morgan fingerprint density at radius 2 is 2.03 bits per heavy atom. The lowest BCUT2D eigenvalue weighted by Crippen LogP contribution is -2.44. The predicted octanol–water partition coefficient (Wildman–Crippen LogP) is 2.16. The number of nitrogens with one attached hydrogen (secondary N) is 1. The average Bonchev–Trinajstić information content (AvgIpc) is 3.23. The van der Waals surface area contributed by atoms with E-state index in [2.05, 4.69) is 21.3 Å². The number of aryl methyl sites for hydroxylation is 1. The molecule has 34 heavy (non-hydrogen) atoms. The minimum atomic E-state index is -0.0218. The van der Waals surface area contributed by atoms with E-state index < -0.39 is 0 Å². The fraction of sp³-hybridized carbons (Fsp3) is 0.480. The zero-order chi connectivity index (χ0) is 23.2. The Balaban J connectivity index is 1.08. The summed E-state index contributed by atoms with van der Waals surface area (Å²) in [5.74, 6) is 1.89. The van der Waals surface area contributed by atoms with Gasteiger partial charge in [0.05, 0.1) is 29.4 Å². The van der Waals surface area contributed by atoms with Gasteiger partial charge in [-0.25, -0.2) is 0 Å². The first-order valence-electron chi connectivity index (χ1n) is 12.0. The molecule has 0 radical (unpaired) electrons. The number of pyridine rings is 3. The first-order valence-corrected chi connectivity index (χ1v) is 13.0. The van der Waals surface area contributed by atoms with Gasteiger partial charge in [0.1, 0.15) is 5.65 Å². The largest absolute Gasteiger partial charge is 0.490 e. The summed E-state index contributed by atoms with van der Waals surface area (Å²) in [7, 11) is 0. The molecule has 1 N–H and O–H groups in total.